The van der Waals surface area contributed by atoms with Crippen molar-refractivity contribution >= 4 is 21.6 Å². The molecular formula is C23H32N2O3S. The Labute approximate surface area is 175 Å². The van der Waals surface area contributed by atoms with Crippen molar-refractivity contribution in [2.45, 2.75) is 53.0 Å². The molecule has 2 aromatic rings. The smallest absolute Gasteiger partial charge is 0.232 e. The lowest BCUT2D eigenvalue weighted by Crippen LogP contribution is -2.32. The van der Waals surface area contributed by atoms with Crippen LogP contribution in [-0.4, -0.2) is 27.1 Å². The fraction of sp³-hybridized carbons (Fsp3) is 0.435. The summed E-state index contributed by atoms with van der Waals surface area (Å²) < 4.78 is 25.9. The van der Waals surface area contributed by atoms with Gasteiger partial charge in [0.15, 0.2) is 0 Å². The Bertz CT molecular complexity index is 917. The molecule has 0 aromatic heterocycles. The minimum absolute atomic E-state index is 0.0778. The van der Waals surface area contributed by atoms with Crippen LogP contribution in [0.1, 0.15) is 55.0 Å². The van der Waals surface area contributed by atoms with E-state index in [0.717, 1.165) is 23.1 Å². The third kappa shape index (κ3) is 6.89. The minimum atomic E-state index is -3.42. The van der Waals surface area contributed by atoms with Gasteiger partial charge in [0.1, 0.15) is 0 Å². The average molecular weight is 417 g/mol. The van der Waals surface area contributed by atoms with Crippen LogP contribution < -0.4 is 9.62 Å². The largest absolute Gasteiger partial charge is 0.350 e. The van der Waals surface area contributed by atoms with Gasteiger partial charge < -0.3 is 5.32 Å². The van der Waals surface area contributed by atoms with Crippen molar-refractivity contribution in [1.29, 1.82) is 0 Å². The van der Waals surface area contributed by atoms with Gasteiger partial charge in [-0.1, -0.05) is 37.3 Å². The van der Waals surface area contributed by atoms with Gasteiger partial charge in [0.2, 0.25) is 15.9 Å². The third-order valence-electron chi connectivity index (χ3n) is 4.93. The Morgan fingerprint density at radius 3 is 2.17 bits per heavy atom. The van der Waals surface area contributed by atoms with E-state index in [1.165, 1.54) is 16.1 Å². The molecule has 0 radical (unpaired) electrons. The zero-order valence-corrected chi connectivity index (χ0v) is 18.8. The molecule has 29 heavy (non-hydrogen) atoms. The normalized spacial score (nSPS) is 12.4. The van der Waals surface area contributed by atoms with Crippen molar-refractivity contribution < 1.29 is 13.2 Å². The summed E-state index contributed by atoms with van der Waals surface area (Å²) in [5.74, 6) is -0.0778. The number of sulfonamides is 1. The number of nitrogens with one attached hydrogen (secondary N) is 1. The number of carbonyl (C=O) groups is 1. The zero-order valence-electron chi connectivity index (χ0n) is 18.0. The van der Waals surface area contributed by atoms with Gasteiger partial charge in [-0.05, 0) is 68.0 Å². The number of aryl methyl sites for hydroxylation is 3. The van der Waals surface area contributed by atoms with Crippen LogP contribution in [0, 0.1) is 13.8 Å². The van der Waals surface area contributed by atoms with Gasteiger partial charge in [-0.2, -0.15) is 0 Å². The van der Waals surface area contributed by atoms with Gasteiger partial charge in [0.25, 0.3) is 0 Å². The summed E-state index contributed by atoms with van der Waals surface area (Å²) in [5, 5.41) is 3.00. The van der Waals surface area contributed by atoms with E-state index in [1.54, 1.807) is 0 Å². The molecule has 0 heterocycles. The molecule has 1 N–H and O–H groups in total. The zero-order chi connectivity index (χ0) is 21.6. The Balaban J connectivity index is 1.95. The van der Waals surface area contributed by atoms with Crippen LogP contribution in [0.4, 0.5) is 5.69 Å². The highest BCUT2D eigenvalue weighted by Crippen LogP contribution is 2.22. The molecule has 5 nitrogen and oxygen atoms in total. The van der Waals surface area contributed by atoms with Crippen molar-refractivity contribution in [3.8, 4) is 0 Å². The number of rotatable bonds is 9. The van der Waals surface area contributed by atoms with Crippen LogP contribution in [0.15, 0.2) is 42.5 Å². The van der Waals surface area contributed by atoms with Crippen molar-refractivity contribution in [1.82, 2.24) is 5.32 Å². The molecule has 0 aliphatic heterocycles. The van der Waals surface area contributed by atoms with Crippen molar-refractivity contribution in [2.24, 2.45) is 0 Å². The van der Waals surface area contributed by atoms with Gasteiger partial charge in [-0.25, -0.2) is 8.42 Å². The van der Waals surface area contributed by atoms with E-state index in [9.17, 15) is 13.2 Å². The SMILES string of the molecule is CCc1ccc([C@@H](C)NC(=O)CCCN(c2cc(C)cc(C)c2)S(C)(=O)=O)cc1. The molecule has 2 rings (SSSR count). The number of hydrogen-bond donors (Lipinski definition) is 1. The van der Waals surface area contributed by atoms with Crippen molar-refractivity contribution in [2.75, 3.05) is 17.1 Å². The standard InChI is InChI=1S/C23H32N2O3S/c1-6-20-9-11-21(12-10-20)19(4)24-23(26)8-7-13-25(29(5,27)28)22-15-17(2)14-18(3)16-22/h9-12,14-16,19H,6-8,13H2,1-5H3,(H,24,26)/t19-/m1/s1. The molecule has 0 saturated heterocycles. The maximum atomic E-state index is 12.3. The first kappa shape index (κ1) is 22.9. The molecule has 0 aliphatic carbocycles. The summed E-state index contributed by atoms with van der Waals surface area (Å²) in [7, 11) is -3.42. The summed E-state index contributed by atoms with van der Waals surface area (Å²) in [6.07, 6.45) is 2.91. The fourth-order valence-electron chi connectivity index (χ4n) is 3.40. The van der Waals surface area contributed by atoms with E-state index in [1.807, 2.05) is 51.1 Å². The van der Waals surface area contributed by atoms with E-state index in [4.69, 9.17) is 0 Å². The molecule has 0 unspecified atom stereocenters. The van der Waals surface area contributed by atoms with Crippen LogP contribution >= 0.6 is 0 Å². The summed E-state index contributed by atoms with van der Waals surface area (Å²) in [6.45, 7) is 8.22. The molecular weight excluding hydrogens is 384 g/mol. The van der Waals surface area contributed by atoms with Gasteiger partial charge in [0, 0.05) is 13.0 Å². The lowest BCUT2D eigenvalue weighted by atomic mass is 10.0. The molecule has 158 valence electrons. The second-order valence-corrected chi connectivity index (χ2v) is 9.58. The third-order valence-corrected chi connectivity index (χ3v) is 6.12. The summed E-state index contributed by atoms with van der Waals surface area (Å²) >= 11 is 0. The Morgan fingerprint density at radius 1 is 1.07 bits per heavy atom. The lowest BCUT2D eigenvalue weighted by molar-refractivity contribution is -0.121. The van der Waals surface area contributed by atoms with E-state index in [-0.39, 0.29) is 24.9 Å². The molecule has 2 aromatic carbocycles. The first-order valence-corrected chi connectivity index (χ1v) is 11.9. The van der Waals surface area contributed by atoms with Crippen LogP contribution in [0.25, 0.3) is 0 Å². The highest BCUT2D eigenvalue weighted by Gasteiger charge is 2.18. The van der Waals surface area contributed by atoms with Gasteiger partial charge >= 0.3 is 0 Å². The number of nitrogens with zero attached hydrogens (tertiary/aromatic N) is 1. The van der Waals surface area contributed by atoms with Gasteiger partial charge in [-0.15, -0.1) is 0 Å². The molecule has 0 fully saturated rings. The Hall–Kier alpha value is -2.34. The monoisotopic (exact) mass is 416 g/mol. The Kier molecular flexibility index (Phi) is 7.85. The maximum Gasteiger partial charge on any atom is 0.232 e. The van der Waals surface area contributed by atoms with Crippen LogP contribution in [0.5, 0.6) is 0 Å². The predicted octanol–water partition coefficient (Wildman–Crippen LogP) is 4.29. The van der Waals surface area contributed by atoms with E-state index in [0.29, 0.717) is 12.1 Å². The number of hydrogen-bond acceptors (Lipinski definition) is 3. The number of anilines is 1. The molecule has 0 spiro atoms. The number of carbonyl (C=O) groups excluding carboxylic acids is 1. The first-order valence-electron chi connectivity index (χ1n) is 10.0. The second kappa shape index (κ2) is 9.92. The lowest BCUT2D eigenvalue weighted by Gasteiger charge is -2.23. The van der Waals surface area contributed by atoms with E-state index in [2.05, 4.69) is 24.4 Å². The fourth-order valence-corrected chi connectivity index (χ4v) is 4.35. The van der Waals surface area contributed by atoms with Crippen LogP contribution in [-0.2, 0) is 21.2 Å². The van der Waals surface area contributed by atoms with Crippen LogP contribution in [0.2, 0.25) is 0 Å². The summed E-state index contributed by atoms with van der Waals surface area (Å²) in [4.78, 5) is 12.3. The van der Waals surface area contributed by atoms with Crippen LogP contribution in [0.3, 0.4) is 0 Å². The van der Waals surface area contributed by atoms with E-state index >= 15 is 0 Å². The van der Waals surface area contributed by atoms with Gasteiger partial charge in [0.05, 0.1) is 18.0 Å². The van der Waals surface area contributed by atoms with Crippen molar-refractivity contribution in [3.63, 3.8) is 0 Å². The van der Waals surface area contributed by atoms with E-state index < -0.39 is 10.0 Å². The average Bonchev–Trinajstić information content (AvgIpc) is 2.63. The molecule has 1 atom stereocenters. The highest BCUT2D eigenvalue weighted by molar-refractivity contribution is 7.92. The van der Waals surface area contributed by atoms with Crippen molar-refractivity contribution in [3.05, 3.63) is 64.7 Å². The first-order chi connectivity index (χ1) is 13.6. The predicted molar refractivity (Wildman–Crippen MR) is 120 cm³/mol. The quantitative estimate of drug-likeness (QED) is 0.663. The number of benzene rings is 2. The molecule has 0 bridgehead atoms. The minimum Gasteiger partial charge on any atom is -0.350 e. The topological polar surface area (TPSA) is 66.5 Å². The summed E-state index contributed by atoms with van der Waals surface area (Å²) in [5.41, 5.74) is 4.99. The highest BCUT2D eigenvalue weighted by atomic mass is 32.2. The number of amides is 1. The second-order valence-electron chi connectivity index (χ2n) is 7.67. The molecule has 1 amide bonds. The Morgan fingerprint density at radius 2 is 1.66 bits per heavy atom. The molecule has 0 saturated carbocycles. The summed E-state index contributed by atoms with van der Waals surface area (Å²) in [6, 6.07) is 13.9. The van der Waals surface area contributed by atoms with Gasteiger partial charge in [-0.3, -0.25) is 9.10 Å². The molecule has 0 aliphatic rings. The molecule has 6 heteroatoms. The maximum absolute atomic E-state index is 12.3.